The number of rotatable bonds is 4. The first-order valence-corrected chi connectivity index (χ1v) is 6.93. The number of hydrogen-bond donors (Lipinski definition) is 1. The lowest BCUT2D eigenvalue weighted by Gasteiger charge is -2.25. The van der Waals surface area contributed by atoms with E-state index in [4.69, 9.17) is 14.0 Å². The maximum atomic E-state index is 5.78. The van der Waals surface area contributed by atoms with E-state index in [0.29, 0.717) is 30.6 Å². The van der Waals surface area contributed by atoms with E-state index in [2.05, 4.69) is 20.4 Å². The van der Waals surface area contributed by atoms with Gasteiger partial charge in [-0.15, -0.1) is 0 Å². The van der Waals surface area contributed by atoms with E-state index < -0.39 is 0 Å². The van der Waals surface area contributed by atoms with Gasteiger partial charge in [0.25, 0.3) is 5.89 Å². The van der Waals surface area contributed by atoms with Crippen molar-refractivity contribution in [3.05, 3.63) is 35.6 Å². The first kappa shape index (κ1) is 14.0. The summed E-state index contributed by atoms with van der Waals surface area (Å²) in [5.41, 5.74) is 0.920. The molecule has 21 heavy (non-hydrogen) atoms. The molecule has 1 saturated heterocycles. The Labute approximate surface area is 122 Å². The van der Waals surface area contributed by atoms with Crippen LogP contribution in [0.4, 0.5) is 0 Å². The largest absolute Gasteiger partial charge is 0.481 e. The van der Waals surface area contributed by atoms with E-state index >= 15 is 0 Å². The quantitative estimate of drug-likeness (QED) is 0.903. The summed E-state index contributed by atoms with van der Waals surface area (Å²) in [4.78, 5) is 8.57. The highest BCUT2D eigenvalue weighted by molar-refractivity contribution is 5.28. The van der Waals surface area contributed by atoms with Gasteiger partial charge < -0.3 is 19.3 Å². The number of nitrogens with zero attached hydrogens (tertiary/aromatic N) is 3. The van der Waals surface area contributed by atoms with Crippen molar-refractivity contribution in [2.45, 2.75) is 25.6 Å². The highest BCUT2D eigenvalue weighted by Gasteiger charge is 2.25. The molecule has 1 aliphatic heterocycles. The number of morpholine rings is 1. The van der Waals surface area contributed by atoms with Crippen LogP contribution in [-0.2, 0) is 11.2 Å². The van der Waals surface area contributed by atoms with Crippen LogP contribution < -0.4 is 10.1 Å². The lowest BCUT2D eigenvalue weighted by atomic mass is 10.2. The average Bonchev–Trinajstić information content (AvgIpc) is 2.96. The number of nitrogens with one attached hydrogen (secondary N) is 1. The molecular weight excluding hydrogens is 272 g/mol. The number of pyridine rings is 1. The fraction of sp³-hybridized carbons (Fsp3) is 0.500. The molecule has 3 rings (SSSR count). The van der Waals surface area contributed by atoms with Gasteiger partial charge in [0.05, 0.1) is 13.2 Å². The molecule has 0 aliphatic carbocycles. The smallest absolute Gasteiger partial charge is 0.257 e. The van der Waals surface area contributed by atoms with Crippen molar-refractivity contribution in [1.29, 1.82) is 0 Å². The topological polar surface area (TPSA) is 82.3 Å². The van der Waals surface area contributed by atoms with Crippen molar-refractivity contribution in [2.24, 2.45) is 0 Å². The minimum Gasteiger partial charge on any atom is -0.481 e. The van der Waals surface area contributed by atoms with Crippen molar-refractivity contribution in [2.75, 3.05) is 20.2 Å². The summed E-state index contributed by atoms with van der Waals surface area (Å²) >= 11 is 0. The van der Waals surface area contributed by atoms with Gasteiger partial charge in [0.1, 0.15) is 6.10 Å². The van der Waals surface area contributed by atoms with Crippen molar-refractivity contribution in [3.8, 4) is 5.88 Å². The molecule has 7 heteroatoms. The molecule has 2 aromatic rings. The molecule has 7 nitrogen and oxygen atoms in total. The summed E-state index contributed by atoms with van der Waals surface area (Å²) in [5, 5.41) is 7.29. The molecule has 112 valence electrons. The third-order valence-electron chi connectivity index (χ3n) is 3.31. The van der Waals surface area contributed by atoms with Crippen LogP contribution in [-0.4, -0.2) is 41.4 Å². The van der Waals surface area contributed by atoms with Gasteiger partial charge in [-0.05, 0) is 13.0 Å². The minimum atomic E-state index is -0.189. The fourth-order valence-corrected chi connectivity index (χ4v) is 2.32. The van der Waals surface area contributed by atoms with Gasteiger partial charge in [0, 0.05) is 31.3 Å². The van der Waals surface area contributed by atoms with Crippen molar-refractivity contribution < 1.29 is 14.0 Å². The summed E-state index contributed by atoms with van der Waals surface area (Å²) in [5.74, 6) is 1.68. The Morgan fingerprint density at radius 3 is 3.14 bits per heavy atom. The van der Waals surface area contributed by atoms with Crippen LogP contribution in [0.1, 0.15) is 30.3 Å². The molecular formula is C14H18N4O3. The lowest BCUT2D eigenvalue weighted by Crippen LogP contribution is -2.39. The van der Waals surface area contributed by atoms with E-state index in [1.807, 2.05) is 19.1 Å². The molecule has 3 heterocycles. The lowest BCUT2D eigenvalue weighted by molar-refractivity contribution is -0.0438. The van der Waals surface area contributed by atoms with Gasteiger partial charge in [-0.3, -0.25) is 0 Å². The molecule has 0 aromatic carbocycles. The molecule has 0 spiro atoms. The van der Waals surface area contributed by atoms with Crippen LogP contribution >= 0.6 is 0 Å². The van der Waals surface area contributed by atoms with E-state index in [1.165, 1.54) is 0 Å². The van der Waals surface area contributed by atoms with E-state index in [-0.39, 0.29) is 12.2 Å². The second kappa shape index (κ2) is 6.19. The molecule has 0 saturated carbocycles. The standard InChI is InChI=1S/C14H18N4O3/c1-9-7-15-8-11(20-9)14-17-12(18-21-14)6-10-4-3-5-16-13(10)19-2/h3-5,9,11,15H,6-8H2,1-2H3/t9-,11-/m1/s1. The zero-order valence-electron chi connectivity index (χ0n) is 12.1. The Kier molecular flexibility index (Phi) is 4.12. The van der Waals surface area contributed by atoms with Crippen molar-refractivity contribution in [1.82, 2.24) is 20.4 Å². The Morgan fingerprint density at radius 1 is 1.43 bits per heavy atom. The van der Waals surface area contributed by atoms with Crippen LogP contribution in [0.2, 0.25) is 0 Å². The average molecular weight is 290 g/mol. The van der Waals surface area contributed by atoms with Crippen LogP contribution in [0, 0.1) is 0 Å². The summed E-state index contributed by atoms with van der Waals surface area (Å²) in [6.45, 7) is 3.53. The van der Waals surface area contributed by atoms with Gasteiger partial charge in [-0.1, -0.05) is 11.2 Å². The van der Waals surface area contributed by atoms with Crippen molar-refractivity contribution in [3.63, 3.8) is 0 Å². The highest BCUT2D eigenvalue weighted by atomic mass is 16.5. The third-order valence-corrected chi connectivity index (χ3v) is 3.31. The molecule has 1 aliphatic rings. The second-order valence-corrected chi connectivity index (χ2v) is 4.99. The third kappa shape index (κ3) is 3.20. The molecule has 1 N–H and O–H groups in total. The van der Waals surface area contributed by atoms with Crippen LogP contribution in [0.3, 0.4) is 0 Å². The first-order chi connectivity index (χ1) is 10.3. The Balaban J connectivity index is 1.73. The zero-order valence-corrected chi connectivity index (χ0v) is 12.1. The van der Waals surface area contributed by atoms with Crippen LogP contribution in [0.15, 0.2) is 22.9 Å². The highest BCUT2D eigenvalue weighted by Crippen LogP contribution is 2.21. The second-order valence-electron chi connectivity index (χ2n) is 4.99. The van der Waals surface area contributed by atoms with Crippen LogP contribution in [0.5, 0.6) is 5.88 Å². The van der Waals surface area contributed by atoms with Gasteiger partial charge in [-0.25, -0.2) is 4.98 Å². The predicted molar refractivity (Wildman–Crippen MR) is 74.1 cm³/mol. The Morgan fingerprint density at radius 2 is 2.33 bits per heavy atom. The Bertz CT molecular complexity index is 601. The van der Waals surface area contributed by atoms with Gasteiger partial charge >= 0.3 is 0 Å². The van der Waals surface area contributed by atoms with Crippen molar-refractivity contribution >= 4 is 0 Å². The number of methoxy groups -OCH3 is 1. The SMILES string of the molecule is COc1ncccc1Cc1noc([C@H]2CNC[C@@H](C)O2)n1. The normalized spacial score (nSPS) is 22.2. The van der Waals surface area contributed by atoms with E-state index in [1.54, 1.807) is 13.3 Å². The predicted octanol–water partition coefficient (Wildman–Crippen LogP) is 1.11. The summed E-state index contributed by atoms with van der Waals surface area (Å²) < 4.78 is 16.3. The molecule has 2 atom stereocenters. The summed E-state index contributed by atoms with van der Waals surface area (Å²) in [7, 11) is 1.59. The maximum absolute atomic E-state index is 5.78. The molecule has 2 aromatic heterocycles. The molecule has 0 radical (unpaired) electrons. The number of aromatic nitrogens is 3. The first-order valence-electron chi connectivity index (χ1n) is 6.93. The summed E-state index contributed by atoms with van der Waals surface area (Å²) in [6, 6.07) is 3.79. The number of hydrogen-bond acceptors (Lipinski definition) is 7. The molecule has 1 fully saturated rings. The van der Waals surface area contributed by atoms with Gasteiger partial charge in [0.2, 0.25) is 5.88 Å². The molecule has 0 unspecified atom stereocenters. The molecule has 0 amide bonds. The Hall–Kier alpha value is -1.99. The van der Waals surface area contributed by atoms with Gasteiger partial charge in [0.15, 0.2) is 5.82 Å². The summed E-state index contributed by atoms with van der Waals surface area (Å²) in [6.07, 6.45) is 2.15. The van der Waals surface area contributed by atoms with E-state index in [0.717, 1.165) is 12.1 Å². The van der Waals surface area contributed by atoms with Crippen LogP contribution in [0.25, 0.3) is 0 Å². The zero-order chi connectivity index (χ0) is 14.7. The fourth-order valence-electron chi connectivity index (χ4n) is 2.32. The van der Waals surface area contributed by atoms with E-state index in [9.17, 15) is 0 Å². The maximum Gasteiger partial charge on any atom is 0.257 e. The van der Waals surface area contributed by atoms with Gasteiger partial charge in [-0.2, -0.15) is 4.98 Å². The minimum absolute atomic E-state index is 0.137. The number of ether oxygens (including phenoxy) is 2. The molecule has 0 bridgehead atoms. The monoisotopic (exact) mass is 290 g/mol.